The normalized spacial score (nSPS) is 16.2. The van der Waals surface area contributed by atoms with Gasteiger partial charge in [-0.2, -0.15) is 0 Å². The fraction of sp³-hybridized carbons (Fsp3) is 0.500. The zero-order valence-electron chi connectivity index (χ0n) is 14.6. The molecule has 0 aliphatic carbocycles. The summed E-state index contributed by atoms with van der Waals surface area (Å²) in [4.78, 5) is 27.5. The lowest BCUT2D eigenvalue weighted by Crippen LogP contribution is -2.27. The second-order valence-corrected chi connectivity index (χ2v) is 6.83. The van der Waals surface area contributed by atoms with Gasteiger partial charge in [0.2, 0.25) is 0 Å². The van der Waals surface area contributed by atoms with Crippen molar-refractivity contribution in [3.63, 3.8) is 0 Å². The Morgan fingerprint density at radius 1 is 1.33 bits per heavy atom. The topological polar surface area (TPSA) is 77.0 Å². The summed E-state index contributed by atoms with van der Waals surface area (Å²) in [6, 6.07) is 5.61. The van der Waals surface area contributed by atoms with Crippen LogP contribution in [0.25, 0.3) is 0 Å². The summed E-state index contributed by atoms with van der Waals surface area (Å²) < 4.78 is 9.90. The lowest BCUT2D eigenvalue weighted by molar-refractivity contribution is -0.140. The number of fused-ring (bicyclic) bond motifs is 1. The molecule has 6 nitrogen and oxygen atoms in total. The maximum absolute atomic E-state index is 11.8. The van der Waals surface area contributed by atoms with Crippen LogP contribution in [0.2, 0.25) is 0 Å². The molecular weight excluding hydrogens is 308 g/mol. The first-order chi connectivity index (χ1) is 11.3. The molecule has 1 atom stereocenters. The van der Waals surface area contributed by atoms with Gasteiger partial charge in [-0.1, -0.05) is 6.07 Å². The number of amides is 1. The average Bonchev–Trinajstić information content (AvgIpc) is 2.50. The molecule has 0 aromatic heterocycles. The first-order valence-electron chi connectivity index (χ1n) is 8.01. The van der Waals surface area contributed by atoms with Gasteiger partial charge in [-0.15, -0.1) is 0 Å². The van der Waals surface area contributed by atoms with Crippen molar-refractivity contribution in [1.29, 1.82) is 0 Å². The second kappa shape index (κ2) is 7.47. The van der Waals surface area contributed by atoms with Crippen LogP contribution in [0.15, 0.2) is 23.2 Å². The molecule has 24 heavy (non-hydrogen) atoms. The fourth-order valence-corrected chi connectivity index (χ4v) is 2.46. The van der Waals surface area contributed by atoms with Crippen molar-refractivity contribution in [2.24, 2.45) is 10.9 Å². The lowest BCUT2D eigenvalue weighted by atomic mass is 9.92. The summed E-state index contributed by atoms with van der Waals surface area (Å²) >= 11 is 0. The Morgan fingerprint density at radius 3 is 2.75 bits per heavy atom. The third-order valence-corrected chi connectivity index (χ3v) is 3.58. The number of ether oxygens (including phenoxy) is 2. The van der Waals surface area contributed by atoms with Crippen molar-refractivity contribution < 1.29 is 19.1 Å². The minimum Gasteiger partial charge on any atom is -0.469 e. The number of carbonyl (C=O) groups excluding carboxylic acids is 2. The van der Waals surface area contributed by atoms with Crippen LogP contribution in [0.3, 0.4) is 0 Å². The zero-order chi connectivity index (χ0) is 17.7. The highest BCUT2D eigenvalue weighted by Crippen LogP contribution is 2.30. The van der Waals surface area contributed by atoms with E-state index in [2.05, 4.69) is 15.0 Å². The Bertz CT molecular complexity index is 647. The SMILES string of the molecule is COC(=O)CCC1C=Nc2cc(NC(=O)OC(C)(C)C)ccc2C1. The molecule has 1 aromatic carbocycles. The van der Waals surface area contributed by atoms with Crippen LogP contribution in [0, 0.1) is 5.92 Å². The molecule has 1 heterocycles. The first-order valence-corrected chi connectivity index (χ1v) is 8.01. The molecule has 0 saturated carbocycles. The van der Waals surface area contributed by atoms with Crippen LogP contribution in [-0.4, -0.2) is 31.0 Å². The van der Waals surface area contributed by atoms with Gasteiger partial charge in [0, 0.05) is 18.3 Å². The van der Waals surface area contributed by atoms with Gasteiger partial charge in [-0.25, -0.2) is 4.79 Å². The predicted molar refractivity (Wildman–Crippen MR) is 92.9 cm³/mol. The number of hydrogen-bond donors (Lipinski definition) is 1. The van der Waals surface area contributed by atoms with Gasteiger partial charge in [0.1, 0.15) is 5.60 Å². The first kappa shape index (κ1) is 18.0. The van der Waals surface area contributed by atoms with E-state index in [9.17, 15) is 9.59 Å². The molecular formula is C18H24N2O4. The molecule has 6 heteroatoms. The molecule has 0 spiro atoms. The van der Waals surface area contributed by atoms with Crippen LogP contribution in [0.4, 0.5) is 16.2 Å². The van der Waals surface area contributed by atoms with Crippen molar-refractivity contribution in [2.75, 3.05) is 12.4 Å². The quantitative estimate of drug-likeness (QED) is 0.849. The van der Waals surface area contributed by atoms with Gasteiger partial charge in [-0.3, -0.25) is 15.1 Å². The summed E-state index contributed by atoms with van der Waals surface area (Å²) in [5.41, 5.74) is 2.04. The van der Waals surface area contributed by atoms with E-state index in [0.29, 0.717) is 18.5 Å². The number of methoxy groups -OCH3 is 1. The Kier molecular flexibility index (Phi) is 5.59. The van der Waals surface area contributed by atoms with E-state index in [-0.39, 0.29) is 11.9 Å². The molecule has 0 saturated heterocycles. The third-order valence-electron chi connectivity index (χ3n) is 3.58. The molecule has 2 rings (SSSR count). The minimum atomic E-state index is -0.538. The number of nitrogens with zero attached hydrogens (tertiary/aromatic N) is 1. The summed E-state index contributed by atoms with van der Waals surface area (Å²) in [6.45, 7) is 5.45. The monoisotopic (exact) mass is 332 g/mol. The zero-order valence-corrected chi connectivity index (χ0v) is 14.6. The predicted octanol–water partition coefficient (Wildman–Crippen LogP) is 3.86. The second-order valence-electron chi connectivity index (χ2n) is 6.83. The van der Waals surface area contributed by atoms with E-state index in [1.54, 1.807) is 0 Å². The van der Waals surface area contributed by atoms with Crippen LogP contribution in [0.5, 0.6) is 0 Å². The van der Waals surface area contributed by atoms with Crippen molar-refractivity contribution >= 4 is 29.7 Å². The summed E-state index contributed by atoms with van der Waals surface area (Å²) in [6.07, 6.45) is 3.30. The number of hydrogen-bond acceptors (Lipinski definition) is 5. The number of benzene rings is 1. The van der Waals surface area contributed by atoms with Crippen LogP contribution in [-0.2, 0) is 20.7 Å². The molecule has 0 radical (unpaired) electrons. The van der Waals surface area contributed by atoms with Crippen LogP contribution < -0.4 is 5.32 Å². The molecule has 0 fully saturated rings. The Balaban J connectivity index is 1.97. The van der Waals surface area contributed by atoms with Crippen LogP contribution >= 0.6 is 0 Å². The van der Waals surface area contributed by atoms with E-state index < -0.39 is 11.7 Å². The van der Waals surface area contributed by atoms with Crippen molar-refractivity contribution in [3.8, 4) is 0 Å². The Hall–Kier alpha value is -2.37. The lowest BCUT2D eigenvalue weighted by Gasteiger charge is -2.21. The Labute approximate surface area is 142 Å². The number of rotatable bonds is 4. The summed E-state index contributed by atoms with van der Waals surface area (Å²) in [5, 5.41) is 2.71. The highest BCUT2D eigenvalue weighted by molar-refractivity contribution is 5.86. The van der Waals surface area contributed by atoms with Crippen molar-refractivity contribution in [3.05, 3.63) is 23.8 Å². The summed E-state index contributed by atoms with van der Waals surface area (Å²) in [7, 11) is 1.39. The molecule has 1 N–H and O–H groups in total. The molecule has 1 aromatic rings. The molecule has 1 unspecified atom stereocenters. The molecule has 1 aliphatic rings. The molecule has 1 amide bonds. The standard InChI is InChI=1S/C18H24N2O4/c1-18(2,3)24-17(22)20-14-7-6-13-9-12(5-8-16(21)23-4)11-19-15(13)10-14/h6-7,10-12H,5,8-9H2,1-4H3,(H,20,22). The number of aliphatic imine (C=N–C) groups is 1. The van der Waals surface area contributed by atoms with Gasteiger partial charge in [0.05, 0.1) is 12.8 Å². The van der Waals surface area contributed by atoms with Gasteiger partial charge < -0.3 is 9.47 Å². The third kappa shape index (κ3) is 5.37. The van der Waals surface area contributed by atoms with Crippen molar-refractivity contribution in [2.45, 2.75) is 45.6 Å². The molecule has 130 valence electrons. The number of anilines is 1. The number of carbonyl (C=O) groups is 2. The van der Waals surface area contributed by atoms with Crippen LogP contribution in [0.1, 0.15) is 39.2 Å². The van der Waals surface area contributed by atoms with E-state index in [0.717, 1.165) is 17.7 Å². The average molecular weight is 332 g/mol. The van der Waals surface area contributed by atoms with Gasteiger partial charge >= 0.3 is 12.1 Å². The van der Waals surface area contributed by atoms with E-state index in [4.69, 9.17) is 4.74 Å². The highest BCUT2D eigenvalue weighted by Gasteiger charge is 2.19. The molecule has 1 aliphatic heterocycles. The summed E-state index contributed by atoms with van der Waals surface area (Å²) in [5.74, 6) is 0.0207. The largest absolute Gasteiger partial charge is 0.469 e. The maximum Gasteiger partial charge on any atom is 0.412 e. The van der Waals surface area contributed by atoms with E-state index in [1.165, 1.54) is 7.11 Å². The van der Waals surface area contributed by atoms with Gasteiger partial charge in [0.25, 0.3) is 0 Å². The van der Waals surface area contributed by atoms with E-state index >= 15 is 0 Å². The van der Waals surface area contributed by atoms with Crippen molar-refractivity contribution in [1.82, 2.24) is 0 Å². The van der Waals surface area contributed by atoms with E-state index in [1.807, 2.05) is 45.2 Å². The fourth-order valence-electron chi connectivity index (χ4n) is 2.46. The number of esters is 1. The van der Waals surface area contributed by atoms with Gasteiger partial charge in [0.15, 0.2) is 0 Å². The van der Waals surface area contributed by atoms with Gasteiger partial charge in [-0.05, 0) is 57.2 Å². The number of nitrogens with one attached hydrogen (secondary N) is 1. The smallest absolute Gasteiger partial charge is 0.412 e. The highest BCUT2D eigenvalue weighted by atomic mass is 16.6. The maximum atomic E-state index is 11.8. The minimum absolute atomic E-state index is 0.203. The molecule has 0 bridgehead atoms. The Morgan fingerprint density at radius 2 is 2.08 bits per heavy atom.